The van der Waals surface area contributed by atoms with E-state index in [0.717, 1.165) is 12.3 Å². The maximum atomic E-state index is 15.0. The Bertz CT molecular complexity index is 1500. The summed E-state index contributed by atoms with van der Waals surface area (Å²) in [5.41, 5.74) is 0.713. The summed E-state index contributed by atoms with van der Waals surface area (Å²) in [4.78, 5) is 11.5. The Morgan fingerprint density at radius 2 is 2.06 bits per heavy atom. The smallest absolute Gasteiger partial charge is 0.211 e. The molecule has 158 valence electrons. The van der Waals surface area contributed by atoms with Gasteiger partial charge >= 0.3 is 0 Å². The number of rotatable bonds is 4. The highest BCUT2D eigenvalue weighted by atomic mass is 32.2. The Labute approximate surface area is 175 Å². The SMILES string of the molecule is CS(=O)(=O)N1CC(CC#N)(n2cc(-c3ncnc4[nH]ccc34)c3c(F)cc(F)cc32)C1. The molecule has 0 amide bonds. The van der Waals surface area contributed by atoms with Gasteiger partial charge in [0.1, 0.15) is 23.6 Å². The van der Waals surface area contributed by atoms with Gasteiger partial charge in [0, 0.05) is 47.9 Å². The molecule has 0 aliphatic carbocycles. The van der Waals surface area contributed by atoms with E-state index in [9.17, 15) is 18.1 Å². The van der Waals surface area contributed by atoms with Crippen molar-refractivity contribution in [3.63, 3.8) is 0 Å². The predicted molar refractivity (Wildman–Crippen MR) is 109 cm³/mol. The number of benzene rings is 1. The molecule has 0 radical (unpaired) electrons. The lowest BCUT2D eigenvalue weighted by molar-refractivity contribution is 0.0898. The van der Waals surface area contributed by atoms with Crippen molar-refractivity contribution in [3.8, 4) is 17.3 Å². The highest BCUT2D eigenvalue weighted by molar-refractivity contribution is 7.88. The van der Waals surface area contributed by atoms with Crippen LogP contribution < -0.4 is 0 Å². The molecule has 1 N–H and O–H groups in total. The fourth-order valence-corrected chi connectivity index (χ4v) is 5.23. The molecule has 11 heteroatoms. The number of sulfonamides is 1. The van der Waals surface area contributed by atoms with Gasteiger partial charge in [0.2, 0.25) is 10.0 Å². The third-order valence-electron chi connectivity index (χ3n) is 5.76. The van der Waals surface area contributed by atoms with Gasteiger partial charge in [-0.1, -0.05) is 0 Å². The van der Waals surface area contributed by atoms with Crippen LogP contribution in [-0.2, 0) is 15.6 Å². The quantitative estimate of drug-likeness (QED) is 0.523. The van der Waals surface area contributed by atoms with E-state index in [0.29, 0.717) is 22.3 Å². The van der Waals surface area contributed by atoms with Crippen molar-refractivity contribution in [3.05, 3.63) is 48.6 Å². The average molecular weight is 442 g/mol. The summed E-state index contributed by atoms with van der Waals surface area (Å²) in [5, 5.41) is 10.2. The molecule has 3 aromatic heterocycles. The molecule has 0 spiro atoms. The van der Waals surface area contributed by atoms with E-state index in [1.807, 2.05) is 0 Å². The summed E-state index contributed by atoms with van der Waals surface area (Å²) in [7, 11) is -3.46. The first-order valence-electron chi connectivity index (χ1n) is 9.35. The molecule has 1 saturated heterocycles. The molecule has 4 aromatic rings. The number of hydrogen-bond donors (Lipinski definition) is 1. The lowest BCUT2D eigenvalue weighted by Crippen LogP contribution is -2.63. The number of aromatic amines is 1. The Morgan fingerprint density at radius 3 is 2.77 bits per heavy atom. The zero-order valence-corrected chi connectivity index (χ0v) is 17.1. The van der Waals surface area contributed by atoms with Crippen LogP contribution in [0.5, 0.6) is 0 Å². The maximum Gasteiger partial charge on any atom is 0.211 e. The van der Waals surface area contributed by atoms with Crippen LogP contribution in [-0.4, -0.2) is 51.6 Å². The first-order chi connectivity index (χ1) is 14.7. The van der Waals surface area contributed by atoms with Gasteiger partial charge < -0.3 is 9.55 Å². The number of nitrogens with one attached hydrogen (secondary N) is 1. The first kappa shape index (κ1) is 19.6. The predicted octanol–water partition coefficient (Wildman–Crippen LogP) is 2.74. The van der Waals surface area contributed by atoms with E-state index < -0.39 is 27.2 Å². The summed E-state index contributed by atoms with van der Waals surface area (Å²) in [6, 6.07) is 5.84. The van der Waals surface area contributed by atoms with Crippen molar-refractivity contribution in [2.24, 2.45) is 0 Å². The molecular weight excluding hydrogens is 426 g/mol. The average Bonchev–Trinajstić information content (AvgIpc) is 3.28. The number of aromatic nitrogens is 4. The fraction of sp³-hybridized carbons (Fsp3) is 0.250. The van der Waals surface area contributed by atoms with Gasteiger partial charge in [-0.25, -0.2) is 27.2 Å². The van der Waals surface area contributed by atoms with Crippen LogP contribution in [0.2, 0.25) is 0 Å². The van der Waals surface area contributed by atoms with Crippen molar-refractivity contribution >= 4 is 32.0 Å². The number of H-pyrrole nitrogens is 1. The fourth-order valence-electron chi connectivity index (χ4n) is 4.28. The van der Waals surface area contributed by atoms with Gasteiger partial charge in [0.25, 0.3) is 0 Å². The normalized spacial score (nSPS) is 16.5. The van der Waals surface area contributed by atoms with E-state index in [1.165, 1.54) is 16.7 Å². The number of halogens is 2. The van der Waals surface area contributed by atoms with Gasteiger partial charge in [0.15, 0.2) is 0 Å². The molecule has 5 rings (SSSR count). The van der Waals surface area contributed by atoms with Crippen LogP contribution in [0, 0.1) is 23.0 Å². The van der Waals surface area contributed by atoms with Crippen molar-refractivity contribution in [2.45, 2.75) is 12.0 Å². The summed E-state index contributed by atoms with van der Waals surface area (Å²) in [5.74, 6) is -1.53. The molecule has 1 aliphatic heterocycles. The number of fused-ring (bicyclic) bond motifs is 2. The number of nitrogens with zero attached hydrogens (tertiary/aromatic N) is 5. The Kier molecular flexibility index (Phi) is 4.15. The van der Waals surface area contributed by atoms with Crippen molar-refractivity contribution in [1.29, 1.82) is 5.26 Å². The van der Waals surface area contributed by atoms with Crippen LogP contribution in [0.25, 0.3) is 33.2 Å². The third-order valence-corrected chi connectivity index (χ3v) is 6.96. The molecule has 0 saturated carbocycles. The minimum absolute atomic E-state index is 0.0241. The van der Waals surface area contributed by atoms with Gasteiger partial charge in [-0.15, -0.1) is 0 Å². The highest BCUT2D eigenvalue weighted by Gasteiger charge is 2.49. The molecular formula is C20H16F2N6O2S. The van der Waals surface area contributed by atoms with E-state index >= 15 is 4.39 Å². The van der Waals surface area contributed by atoms with Crippen LogP contribution >= 0.6 is 0 Å². The Balaban J connectivity index is 1.79. The molecule has 1 aromatic carbocycles. The van der Waals surface area contributed by atoms with Crippen molar-refractivity contribution < 1.29 is 17.2 Å². The number of nitriles is 1. The standard InChI is InChI=1S/C20H16F2N6O2S/c1-31(29,30)27-9-20(10-27,3-4-23)28-8-14(17-15(22)6-12(21)7-16(17)28)18-13-2-5-24-19(13)26-11-25-18/h2,5-8,11H,3,9-10H2,1H3,(H,24,25,26). The maximum absolute atomic E-state index is 15.0. The molecule has 4 heterocycles. The van der Waals surface area contributed by atoms with Crippen molar-refractivity contribution in [2.75, 3.05) is 19.3 Å². The molecule has 1 aliphatic rings. The molecule has 31 heavy (non-hydrogen) atoms. The highest BCUT2D eigenvalue weighted by Crippen LogP contribution is 2.42. The van der Waals surface area contributed by atoms with E-state index in [2.05, 4.69) is 21.0 Å². The summed E-state index contributed by atoms with van der Waals surface area (Å²) in [6.07, 6.45) is 5.72. The van der Waals surface area contributed by atoms with Crippen LogP contribution in [0.1, 0.15) is 6.42 Å². The monoisotopic (exact) mass is 442 g/mol. The Morgan fingerprint density at radius 1 is 1.29 bits per heavy atom. The minimum Gasteiger partial charge on any atom is -0.346 e. The summed E-state index contributed by atoms with van der Waals surface area (Å²) >= 11 is 0. The number of hydrogen-bond acceptors (Lipinski definition) is 5. The molecule has 1 fully saturated rings. The van der Waals surface area contributed by atoms with Crippen LogP contribution in [0.15, 0.2) is 36.9 Å². The van der Waals surface area contributed by atoms with Crippen LogP contribution in [0.4, 0.5) is 8.78 Å². The largest absolute Gasteiger partial charge is 0.346 e. The molecule has 8 nitrogen and oxygen atoms in total. The lowest BCUT2D eigenvalue weighted by atomic mass is 9.88. The van der Waals surface area contributed by atoms with Crippen LogP contribution in [0.3, 0.4) is 0 Å². The van der Waals surface area contributed by atoms with Gasteiger partial charge in [0.05, 0.1) is 35.5 Å². The first-order valence-corrected chi connectivity index (χ1v) is 11.2. The molecule has 0 atom stereocenters. The zero-order chi connectivity index (χ0) is 22.0. The van der Waals surface area contributed by atoms with Crippen molar-refractivity contribution in [1.82, 2.24) is 23.8 Å². The summed E-state index contributed by atoms with van der Waals surface area (Å²) in [6.45, 7) is 0.0637. The topological polar surface area (TPSA) is 108 Å². The lowest BCUT2D eigenvalue weighted by Gasteiger charge is -2.48. The molecule has 0 unspecified atom stereocenters. The van der Waals surface area contributed by atoms with E-state index in [4.69, 9.17) is 0 Å². The second-order valence-corrected chi connectivity index (χ2v) is 9.73. The minimum atomic E-state index is -3.46. The van der Waals surface area contributed by atoms with E-state index in [1.54, 1.807) is 23.0 Å². The zero-order valence-electron chi connectivity index (χ0n) is 16.3. The third kappa shape index (κ3) is 2.90. The second-order valence-electron chi connectivity index (χ2n) is 7.75. The Hall–Kier alpha value is -3.36. The molecule has 0 bridgehead atoms. The van der Waals surface area contributed by atoms with Gasteiger partial charge in [-0.3, -0.25) is 0 Å². The second kappa shape index (κ2) is 6.57. The van der Waals surface area contributed by atoms with Gasteiger partial charge in [-0.05, 0) is 12.1 Å². The van der Waals surface area contributed by atoms with E-state index in [-0.39, 0.29) is 30.4 Å². The van der Waals surface area contributed by atoms with Gasteiger partial charge in [-0.2, -0.15) is 9.57 Å². The summed E-state index contributed by atoms with van der Waals surface area (Å²) < 4.78 is 56.0.